The van der Waals surface area contributed by atoms with Gasteiger partial charge >= 0.3 is 0 Å². The third-order valence-corrected chi connectivity index (χ3v) is 4.83. The van der Waals surface area contributed by atoms with Crippen molar-refractivity contribution in [3.63, 3.8) is 0 Å². The highest BCUT2D eigenvalue weighted by Crippen LogP contribution is 2.35. The average molecular weight is 332 g/mol. The minimum absolute atomic E-state index is 0.189. The van der Waals surface area contributed by atoms with Crippen molar-refractivity contribution in [3.8, 4) is 22.3 Å². The predicted octanol–water partition coefficient (Wildman–Crippen LogP) is 7.01. The van der Waals surface area contributed by atoms with E-state index in [9.17, 15) is 4.39 Å². The first-order valence-electron chi connectivity index (χ1n) is 8.73. The Hall–Kier alpha value is -2.41. The molecule has 3 aromatic carbocycles. The van der Waals surface area contributed by atoms with E-state index in [-0.39, 0.29) is 5.82 Å². The van der Waals surface area contributed by atoms with E-state index in [1.54, 1.807) is 12.1 Å². The van der Waals surface area contributed by atoms with Crippen LogP contribution >= 0.6 is 0 Å². The van der Waals surface area contributed by atoms with E-state index < -0.39 is 0 Å². The van der Waals surface area contributed by atoms with Crippen LogP contribution < -0.4 is 0 Å². The van der Waals surface area contributed by atoms with Crippen molar-refractivity contribution in [1.29, 1.82) is 0 Å². The zero-order chi connectivity index (χ0) is 18.3. The first kappa shape index (κ1) is 17.4. The van der Waals surface area contributed by atoms with Gasteiger partial charge in [-0.05, 0) is 104 Å². The van der Waals surface area contributed by atoms with Crippen LogP contribution in [0.25, 0.3) is 22.3 Å². The van der Waals surface area contributed by atoms with Crippen molar-refractivity contribution in [2.24, 2.45) is 0 Å². The van der Waals surface area contributed by atoms with Crippen LogP contribution in [0.1, 0.15) is 33.4 Å². The average Bonchev–Trinajstić information content (AvgIpc) is 2.44. The van der Waals surface area contributed by atoms with Crippen molar-refractivity contribution in [2.45, 2.75) is 41.5 Å². The minimum atomic E-state index is -0.189. The maximum absolute atomic E-state index is 14.5. The van der Waals surface area contributed by atoms with Crippen molar-refractivity contribution >= 4 is 0 Å². The molecule has 0 saturated heterocycles. The molecule has 0 bridgehead atoms. The molecule has 3 aromatic rings. The summed E-state index contributed by atoms with van der Waals surface area (Å²) in [7, 11) is 0. The summed E-state index contributed by atoms with van der Waals surface area (Å²) >= 11 is 0. The molecule has 0 spiro atoms. The lowest BCUT2D eigenvalue weighted by molar-refractivity contribution is 0.629. The number of aryl methyl sites for hydroxylation is 6. The fourth-order valence-corrected chi connectivity index (χ4v) is 4.15. The summed E-state index contributed by atoms with van der Waals surface area (Å²) in [5.74, 6) is -0.189. The molecule has 0 fully saturated rings. The molecule has 0 heterocycles. The molecule has 0 unspecified atom stereocenters. The van der Waals surface area contributed by atoms with Gasteiger partial charge in [0.15, 0.2) is 0 Å². The zero-order valence-corrected chi connectivity index (χ0v) is 15.9. The molecule has 0 N–H and O–H groups in total. The summed E-state index contributed by atoms with van der Waals surface area (Å²) in [5.41, 5.74) is 11.4. The van der Waals surface area contributed by atoms with Crippen LogP contribution in [0.5, 0.6) is 0 Å². The summed E-state index contributed by atoms with van der Waals surface area (Å²) < 4.78 is 14.5. The second-order valence-corrected chi connectivity index (χ2v) is 7.28. The second kappa shape index (κ2) is 6.48. The minimum Gasteiger partial charge on any atom is -0.207 e. The van der Waals surface area contributed by atoms with E-state index in [0.717, 1.165) is 22.3 Å². The third kappa shape index (κ3) is 3.37. The van der Waals surface area contributed by atoms with Gasteiger partial charge in [0.25, 0.3) is 0 Å². The summed E-state index contributed by atoms with van der Waals surface area (Å²) in [4.78, 5) is 0. The summed E-state index contributed by atoms with van der Waals surface area (Å²) in [6.07, 6.45) is 0. The van der Waals surface area contributed by atoms with E-state index in [0.29, 0.717) is 0 Å². The Kier molecular flexibility index (Phi) is 4.51. The number of rotatable bonds is 2. The molecule has 0 radical (unpaired) electrons. The quantitative estimate of drug-likeness (QED) is 0.473. The van der Waals surface area contributed by atoms with E-state index in [2.05, 4.69) is 71.9 Å². The fraction of sp³-hybridized carbons (Fsp3) is 0.250. The molecule has 0 saturated carbocycles. The number of hydrogen-bond acceptors (Lipinski definition) is 0. The Balaban J connectivity index is 2.25. The third-order valence-electron chi connectivity index (χ3n) is 4.83. The zero-order valence-electron chi connectivity index (χ0n) is 15.9. The van der Waals surface area contributed by atoms with Crippen LogP contribution in [0, 0.1) is 47.4 Å². The molecule has 0 nitrogen and oxygen atoms in total. The van der Waals surface area contributed by atoms with Crippen molar-refractivity contribution in [2.75, 3.05) is 0 Å². The molecule has 1 heteroatoms. The Bertz CT molecular complexity index is 842. The van der Waals surface area contributed by atoms with Gasteiger partial charge < -0.3 is 0 Å². The highest BCUT2D eigenvalue weighted by atomic mass is 19.1. The van der Waals surface area contributed by atoms with Crippen LogP contribution in [0.4, 0.5) is 4.39 Å². The van der Waals surface area contributed by atoms with Gasteiger partial charge in [0.2, 0.25) is 0 Å². The molecule has 0 atom stereocenters. The lowest BCUT2D eigenvalue weighted by atomic mass is 9.89. The standard InChI is InChI=1S/C24H25F/c1-14-7-16(3)23(17(4)8-14)20-11-21(13-22(25)12-20)24-18(5)9-15(2)10-19(24)6/h7-13H,1-6H3. The molecule has 0 aliphatic rings. The summed E-state index contributed by atoms with van der Waals surface area (Å²) in [6, 6.07) is 14.1. The van der Waals surface area contributed by atoms with E-state index in [4.69, 9.17) is 0 Å². The van der Waals surface area contributed by atoms with Crippen molar-refractivity contribution in [3.05, 3.63) is 81.7 Å². The summed E-state index contributed by atoms with van der Waals surface area (Å²) in [6.45, 7) is 12.6. The molecule has 0 aliphatic heterocycles. The second-order valence-electron chi connectivity index (χ2n) is 7.28. The Labute approximate surface area is 150 Å². The maximum Gasteiger partial charge on any atom is 0.124 e. The molecule has 0 aromatic heterocycles. The predicted molar refractivity (Wildman–Crippen MR) is 106 cm³/mol. The Morgan fingerprint density at radius 3 is 1.12 bits per heavy atom. The number of benzene rings is 3. The number of hydrogen-bond donors (Lipinski definition) is 0. The normalized spacial score (nSPS) is 11.0. The first-order chi connectivity index (χ1) is 11.8. The van der Waals surface area contributed by atoms with E-state index >= 15 is 0 Å². The topological polar surface area (TPSA) is 0 Å². The van der Waals surface area contributed by atoms with Crippen LogP contribution in [0.3, 0.4) is 0 Å². The molecular formula is C24H25F. The molecule has 3 rings (SSSR count). The van der Waals surface area contributed by atoms with Crippen LogP contribution in [0.2, 0.25) is 0 Å². The lowest BCUT2D eigenvalue weighted by Gasteiger charge is -2.16. The van der Waals surface area contributed by atoms with Gasteiger partial charge in [-0.2, -0.15) is 0 Å². The van der Waals surface area contributed by atoms with E-state index in [1.165, 1.54) is 33.4 Å². The lowest BCUT2D eigenvalue weighted by Crippen LogP contribution is -1.94. The molecule has 0 aliphatic carbocycles. The van der Waals surface area contributed by atoms with E-state index in [1.807, 2.05) is 0 Å². The highest BCUT2D eigenvalue weighted by molar-refractivity contribution is 5.79. The van der Waals surface area contributed by atoms with Gasteiger partial charge in [0.1, 0.15) is 5.82 Å². The fourth-order valence-electron chi connectivity index (χ4n) is 4.15. The molecule has 25 heavy (non-hydrogen) atoms. The number of halogens is 1. The first-order valence-corrected chi connectivity index (χ1v) is 8.73. The van der Waals surface area contributed by atoms with Crippen LogP contribution in [0.15, 0.2) is 42.5 Å². The van der Waals surface area contributed by atoms with Crippen LogP contribution in [-0.4, -0.2) is 0 Å². The van der Waals surface area contributed by atoms with Crippen molar-refractivity contribution < 1.29 is 4.39 Å². The molecule has 0 amide bonds. The Morgan fingerprint density at radius 1 is 0.480 bits per heavy atom. The van der Waals surface area contributed by atoms with Gasteiger partial charge in [-0.1, -0.05) is 35.4 Å². The SMILES string of the molecule is Cc1cc(C)c(-c2cc(F)cc(-c3c(C)cc(C)cc3C)c2)c(C)c1. The van der Waals surface area contributed by atoms with Gasteiger partial charge in [-0.25, -0.2) is 4.39 Å². The largest absolute Gasteiger partial charge is 0.207 e. The smallest absolute Gasteiger partial charge is 0.124 e. The monoisotopic (exact) mass is 332 g/mol. The molecular weight excluding hydrogens is 307 g/mol. The molecule has 128 valence electrons. The highest BCUT2D eigenvalue weighted by Gasteiger charge is 2.13. The maximum atomic E-state index is 14.5. The van der Waals surface area contributed by atoms with Crippen molar-refractivity contribution in [1.82, 2.24) is 0 Å². The van der Waals surface area contributed by atoms with Gasteiger partial charge in [-0.3, -0.25) is 0 Å². The van der Waals surface area contributed by atoms with Gasteiger partial charge in [0, 0.05) is 0 Å². The van der Waals surface area contributed by atoms with Crippen LogP contribution in [-0.2, 0) is 0 Å². The summed E-state index contributed by atoms with van der Waals surface area (Å²) in [5, 5.41) is 0. The Morgan fingerprint density at radius 2 is 0.800 bits per heavy atom. The van der Waals surface area contributed by atoms with Gasteiger partial charge in [-0.15, -0.1) is 0 Å². The van der Waals surface area contributed by atoms with Gasteiger partial charge in [0.05, 0.1) is 0 Å².